The van der Waals surface area contributed by atoms with E-state index < -0.39 is 5.97 Å². The van der Waals surface area contributed by atoms with Crippen molar-refractivity contribution in [1.29, 1.82) is 0 Å². The summed E-state index contributed by atoms with van der Waals surface area (Å²) < 4.78 is 1.41. The third kappa shape index (κ3) is 2.56. The van der Waals surface area contributed by atoms with Crippen molar-refractivity contribution in [2.75, 3.05) is 0 Å². The highest BCUT2D eigenvalue weighted by Gasteiger charge is 2.21. The summed E-state index contributed by atoms with van der Waals surface area (Å²) in [5.74, 6) is 0.170. The molecule has 0 amide bonds. The summed E-state index contributed by atoms with van der Waals surface area (Å²) in [5.41, 5.74) is 0. The second-order valence-corrected chi connectivity index (χ2v) is 4.28. The Kier molecular flexibility index (Phi) is 3.48. The number of nitrogens with zero attached hydrogens (tertiary/aromatic N) is 4. The van der Waals surface area contributed by atoms with Crippen molar-refractivity contribution >= 4 is 5.97 Å². The Morgan fingerprint density at radius 2 is 2.00 bits per heavy atom. The molecule has 0 atom stereocenters. The topological polar surface area (TPSA) is 80.9 Å². The maximum absolute atomic E-state index is 10.7. The van der Waals surface area contributed by atoms with Crippen LogP contribution in [0.15, 0.2) is 0 Å². The van der Waals surface area contributed by atoms with Gasteiger partial charge in [0, 0.05) is 5.92 Å². The van der Waals surface area contributed by atoms with Crippen molar-refractivity contribution in [2.24, 2.45) is 0 Å². The number of rotatable bonds is 3. The maximum Gasteiger partial charge on any atom is 0.325 e. The minimum absolute atomic E-state index is 0.140. The lowest BCUT2D eigenvalue weighted by atomic mass is 10.00. The van der Waals surface area contributed by atoms with E-state index in [9.17, 15) is 4.79 Å². The van der Waals surface area contributed by atoms with E-state index in [1.165, 1.54) is 30.4 Å². The highest BCUT2D eigenvalue weighted by molar-refractivity contribution is 5.66. The normalized spacial score (nSPS) is 18.2. The zero-order valence-electron chi connectivity index (χ0n) is 9.17. The van der Waals surface area contributed by atoms with E-state index in [4.69, 9.17) is 5.11 Å². The standard InChI is InChI=1S/C10H16N4O2/c15-9(16)7-14-10(11-12-13-14)8-5-3-1-2-4-6-8/h8H,1-7H2,(H,15,16). The first-order valence-electron chi connectivity index (χ1n) is 5.75. The molecule has 16 heavy (non-hydrogen) atoms. The summed E-state index contributed by atoms with van der Waals surface area (Å²) in [5, 5.41) is 20.0. The lowest BCUT2D eigenvalue weighted by Crippen LogP contribution is -2.16. The van der Waals surface area contributed by atoms with Gasteiger partial charge < -0.3 is 5.11 Å². The van der Waals surface area contributed by atoms with E-state index in [2.05, 4.69) is 15.5 Å². The van der Waals surface area contributed by atoms with E-state index in [1.807, 2.05) is 0 Å². The maximum atomic E-state index is 10.7. The fourth-order valence-electron chi connectivity index (χ4n) is 2.28. The third-order valence-electron chi connectivity index (χ3n) is 3.06. The summed E-state index contributed by atoms with van der Waals surface area (Å²) in [7, 11) is 0. The van der Waals surface area contributed by atoms with Crippen molar-refractivity contribution in [2.45, 2.75) is 51.0 Å². The molecule has 6 heteroatoms. The van der Waals surface area contributed by atoms with Crippen molar-refractivity contribution in [1.82, 2.24) is 20.2 Å². The molecule has 1 heterocycles. The first kappa shape index (κ1) is 11.0. The second kappa shape index (κ2) is 5.05. The minimum atomic E-state index is -0.901. The minimum Gasteiger partial charge on any atom is -0.480 e. The number of tetrazole rings is 1. The van der Waals surface area contributed by atoms with Crippen molar-refractivity contribution in [3.8, 4) is 0 Å². The van der Waals surface area contributed by atoms with Gasteiger partial charge >= 0.3 is 5.97 Å². The number of aromatic nitrogens is 4. The fraction of sp³-hybridized carbons (Fsp3) is 0.800. The van der Waals surface area contributed by atoms with Gasteiger partial charge in [-0.15, -0.1) is 5.10 Å². The molecule has 0 unspecified atom stereocenters. The van der Waals surface area contributed by atoms with E-state index >= 15 is 0 Å². The molecule has 1 aromatic rings. The average Bonchev–Trinajstić information content (AvgIpc) is 2.53. The number of carboxylic acids is 1. The number of hydrogen-bond acceptors (Lipinski definition) is 4. The van der Waals surface area contributed by atoms with Crippen LogP contribution in [0.3, 0.4) is 0 Å². The molecule has 0 radical (unpaired) electrons. The highest BCUT2D eigenvalue weighted by Crippen LogP contribution is 2.29. The molecule has 1 fully saturated rings. The van der Waals surface area contributed by atoms with E-state index in [0.717, 1.165) is 18.7 Å². The Morgan fingerprint density at radius 3 is 2.62 bits per heavy atom. The smallest absolute Gasteiger partial charge is 0.325 e. The molecule has 0 saturated heterocycles. The second-order valence-electron chi connectivity index (χ2n) is 4.28. The van der Waals surface area contributed by atoms with Gasteiger partial charge in [-0.1, -0.05) is 25.7 Å². The molecule has 1 aliphatic carbocycles. The zero-order valence-corrected chi connectivity index (χ0v) is 9.17. The predicted molar refractivity (Wildman–Crippen MR) is 55.9 cm³/mol. The first-order valence-corrected chi connectivity index (χ1v) is 5.75. The van der Waals surface area contributed by atoms with Crippen LogP contribution in [0.2, 0.25) is 0 Å². The Bertz CT molecular complexity index is 355. The molecule has 88 valence electrons. The number of hydrogen-bond donors (Lipinski definition) is 1. The molecule has 6 nitrogen and oxygen atoms in total. The lowest BCUT2D eigenvalue weighted by Gasteiger charge is -2.12. The molecule has 1 saturated carbocycles. The quantitative estimate of drug-likeness (QED) is 0.780. The van der Waals surface area contributed by atoms with E-state index in [-0.39, 0.29) is 6.54 Å². The van der Waals surface area contributed by atoms with Crippen LogP contribution >= 0.6 is 0 Å². The Morgan fingerprint density at radius 1 is 1.31 bits per heavy atom. The molecule has 0 aromatic carbocycles. The Balaban J connectivity index is 2.11. The molecule has 0 bridgehead atoms. The van der Waals surface area contributed by atoms with Gasteiger partial charge in [0.05, 0.1) is 0 Å². The van der Waals surface area contributed by atoms with Crippen molar-refractivity contribution < 1.29 is 9.90 Å². The van der Waals surface area contributed by atoms with Crippen molar-refractivity contribution in [3.63, 3.8) is 0 Å². The third-order valence-corrected chi connectivity index (χ3v) is 3.06. The van der Waals surface area contributed by atoms with E-state index in [0.29, 0.717) is 5.92 Å². The molecule has 0 aliphatic heterocycles. The van der Waals surface area contributed by atoms with Gasteiger partial charge in [0.2, 0.25) is 0 Å². The summed E-state index contributed by atoms with van der Waals surface area (Å²) in [6.45, 7) is -0.140. The fourth-order valence-corrected chi connectivity index (χ4v) is 2.28. The molecule has 2 rings (SSSR count). The molecule has 1 aliphatic rings. The average molecular weight is 224 g/mol. The first-order chi connectivity index (χ1) is 7.77. The molecule has 1 N–H and O–H groups in total. The van der Waals surface area contributed by atoms with Crippen LogP contribution in [-0.4, -0.2) is 31.3 Å². The SMILES string of the molecule is O=C(O)Cn1nnnc1C1CCCCCC1. The van der Waals surface area contributed by atoms with Crippen LogP contribution in [0.4, 0.5) is 0 Å². The predicted octanol–water partition coefficient (Wildman–Crippen LogP) is 1.20. The van der Waals surface area contributed by atoms with Crippen LogP contribution < -0.4 is 0 Å². The number of carboxylic acid groups (broad SMARTS) is 1. The van der Waals surface area contributed by atoms with E-state index in [1.54, 1.807) is 0 Å². The Hall–Kier alpha value is -1.46. The molecule has 1 aromatic heterocycles. The molecule has 0 spiro atoms. The summed E-state index contributed by atoms with van der Waals surface area (Å²) >= 11 is 0. The van der Waals surface area contributed by atoms with Crippen LogP contribution in [0.1, 0.15) is 50.3 Å². The highest BCUT2D eigenvalue weighted by atomic mass is 16.4. The summed E-state index contributed by atoms with van der Waals surface area (Å²) in [6, 6.07) is 0. The van der Waals surface area contributed by atoms with Gasteiger partial charge in [0.25, 0.3) is 0 Å². The van der Waals surface area contributed by atoms with Crippen molar-refractivity contribution in [3.05, 3.63) is 5.82 Å². The van der Waals surface area contributed by atoms with Gasteiger partial charge in [0.1, 0.15) is 6.54 Å². The van der Waals surface area contributed by atoms with Gasteiger partial charge in [-0.3, -0.25) is 4.79 Å². The molecular weight excluding hydrogens is 208 g/mol. The summed E-state index contributed by atoms with van der Waals surface area (Å²) in [6.07, 6.45) is 7.03. The van der Waals surface area contributed by atoms with Gasteiger partial charge in [0.15, 0.2) is 5.82 Å². The van der Waals surface area contributed by atoms with Crippen LogP contribution in [0, 0.1) is 0 Å². The number of carbonyl (C=O) groups is 1. The largest absolute Gasteiger partial charge is 0.480 e. The molecular formula is C10H16N4O2. The van der Waals surface area contributed by atoms with Crippen LogP contribution in [-0.2, 0) is 11.3 Å². The Labute approximate surface area is 93.6 Å². The van der Waals surface area contributed by atoms with Gasteiger partial charge in [-0.2, -0.15) is 0 Å². The lowest BCUT2D eigenvalue weighted by molar-refractivity contribution is -0.138. The zero-order chi connectivity index (χ0) is 11.4. The monoisotopic (exact) mass is 224 g/mol. The van der Waals surface area contributed by atoms with Crippen LogP contribution in [0.5, 0.6) is 0 Å². The van der Waals surface area contributed by atoms with Crippen LogP contribution in [0.25, 0.3) is 0 Å². The van der Waals surface area contributed by atoms with Gasteiger partial charge in [-0.25, -0.2) is 4.68 Å². The summed E-state index contributed by atoms with van der Waals surface area (Å²) in [4.78, 5) is 10.7. The number of aliphatic carboxylic acids is 1. The van der Waals surface area contributed by atoms with Gasteiger partial charge in [-0.05, 0) is 23.3 Å².